The average molecular weight is 647 g/mol. The Bertz CT molecular complexity index is 1250. The molecule has 0 aliphatic heterocycles. The van der Waals surface area contributed by atoms with Crippen LogP contribution in [0.25, 0.3) is 0 Å². The Balaban J connectivity index is 1.57. The van der Waals surface area contributed by atoms with Gasteiger partial charge in [0, 0.05) is 26.3 Å². The van der Waals surface area contributed by atoms with Crippen LogP contribution in [0.2, 0.25) is 15.1 Å². The first-order valence-electron chi connectivity index (χ1n) is 10.1. The number of hydrazone groups is 1. The fourth-order valence-corrected chi connectivity index (χ4v) is 4.22. The highest BCUT2D eigenvalue weighted by atomic mass is 127. The summed E-state index contributed by atoms with van der Waals surface area (Å²) >= 11 is 20.1. The van der Waals surface area contributed by atoms with E-state index in [1.54, 1.807) is 48.5 Å². The largest absolute Gasteiger partial charge is 0.493 e. The van der Waals surface area contributed by atoms with Crippen LogP contribution in [0, 0.1) is 3.57 Å². The summed E-state index contributed by atoms with van der Waals surface area (Å²) in [5, 5.41) is 8.13. The molecule has 3 aromatic carbocycles. The molecule has 3 rings (SSSR count). The molecule has 0 saturated carbocycles. The van der Waals surface area contributed by atoms with Crippen molar-refractivity contribution in [2.24, 2.45) is 5.10 Å². The number of hydrogen-bond acceptors (Lipinski definition) is 5. The summed E-state index contributed by atoms with van der Waals surface area (Å²) in [7, 11) is 1.52. The van der Waals surface area contributed by atoms with Crippen molar-refractivity contribution in [3.63, 3.8) is 0 Å². The Hall–Kier alpha value is -2.53. The first-order valence-corrected chi connectivity index (χ1v) is 12.3. The second kappa shape index (κ2) is 13.0. The van der Waals surface area contributed by atoms with Gasteiger partial charge in [-0.2, -0.15) is 5.10 Å². The second-order valence-electron chi connectivity index (χ2n) is 7.08. The Morgan fingerprint density at radius 2 is 1.71 bits per heavy atom. The van der Waals surface area contributed by atoms with E-state index in [-0.39, 0.29) is 13.0 Å². The molecule has 0 fully saturated rings. The lowest BCUT2D eigenvalue weighted by molar-refractivity contribution is -0.126. The zero-order chi connectivity index (χ0) is 25.4. The SMILES string of the molecule is COc1cc(C=NNC(=O)CC(=O)Nc2ccc(Cl)cc2)cc(I)c1OCc1ccc(Cl)cc1Cl. The van der Waals surface area contributed by atoms with Crippen molar-refractivity contribution >= 4 is 81.1 Å². The van der Waals surface area contributed by atoms with E-state index in [0.29, 0.717) is 37.8 Å². The minimum Gasteiger partial charge on any atom is -0.493 e. The van der Waals surface area contributed by atoms with Gasteiger partial charge in [0.25, 0.3) is 0 Å². The summed E-state index contributed by atoms with van der Waals surface area (Å²) in [5.41, 5.74) is 4.32. The Labute approximate surface area is 230 Å². The zero-order valence-electron chi connectivity index (χ0n) is 18.3. The third kappa shape index (κ3) is 8.28. The monoisotopic (exact) mass is 645 g/mol. The van der Waals surface area contributed by atoms with E-state index >= 15 is 0 Å². The van der Waals surface area contributed by atoms with Crippen LogP contribution in [-0.2, 0) is 16.2 Å². The molecule has 2 amide bonds. The summed E-state index contributed by atoms with van der Waals surface area (Å²) in [5.74, 6) is -0.0102. The normalized spacial score (nSPS) is 10.8. The van der Waals surface area contributed by atoms with Gasteiger partial charge >= 0.3 is 0 Å². The first kappa shape index (κ1) is 27.1. The van der Waals surface area contributed by atoms with Gasteiger partial charge < -0.3 is 14.8 Å². The molecule has 11 heteroatoms. The third-order valence-electron chi connectivity index (χ3n) is 4.49. The smallest absolute Gasteiger partial charge is 0.249 e. The van der Waals surface area contributed by atoms with E-state index in [9.17, 15) is 9.59 Å². The molecule has 0 atom stereocenters. The number of methoxy groups -OCH3 is 1. The van der Waals surface area contributed by atoms with Crippen LogP contribution >= 0.6 is 57.4 Å². The summed E-state index contributed by atoms with van der Waals surface area (Å²) in [6, 6.07) is 15.3. The summed E-state index contributed by atoms with van der Waals surface area (Å²) in [6.07, 6.45) is 1.06. The average Bonchev–Trinajstić information content (AvgIpc) is 2.80. The van der Waals surface area contributed by atoms with Crippen molar-refractivity contribution in [2.45, 2.75) is 13.0 Å². The fraction of sp³-hybridized carbons (Fsp3) is 0.125. The molecule has 35 heavy (non-hydrogen) atoms. The van der Waals surface area contributed by atoms with Gasteiger partial charge in [-0.3, -0.25) is 9.59 Å². The molecule has 0 unspecified atom stereocenters. The van der Waals surface area contributed by atoms with Crippen molar-refractivity contribution in [3.05, 3.63) is 84.4 Å². The molecule has 0 bridgehead atoms. The zero-order valence-corrected chi connectivity index (χ0v) is 22.7. The van der Waals surface area contributed by atoms with Crippen LogP contribution in [0.1, 0.15) is 17.5 Å². The second-order valence-corrected chi connectivity index (χ2v) is 9.53. The van der Waals surface area contributed by atoms with Gasteiger partial charge in [-0.1, -0.05) is 40.9 Å². The third-order valence-corrected chi connectivity index (χ3v) is 6.13. The van der Waals surface area contributed by atoms with Gasteiger partial charge in [-0.05, 0) is 76.7 Å². The highest BCUT2D eigenvalue weighted by Gasteiger charge is 2.13. The minimum atomic E-state index is -0.561. The molecule has 0 aliphatic rings. The maximum absolute atomic E-state index is 12.0. The molecule has 0 spiro atoms. The summed E-state index contributed by atoms with van der Waals surface area (Å²) < 4.78 is 12.2. The van der Waals surface area contributed by atoms with Gasteiger partial charge in [-0.15, -0.1) is 0 Å². The summed E-state index contributed by atoms with van der Waals surface area (Å²) in [6.45, 7) is 0.226. The van der Waals surface area contributed by atoms with Gasteiger partial charge in [0.05, 0.1) is 16.9 Å². The first-order chi connectivity index (χ1) is 16.7. The molecule has 0 aromatic heterocycles. The van der Waals surface area contributed by atoms with Crippen LogP contribution in [0.15, 0.2) is 59.7 Å². The molecule has 0 saturated heterocycles. The van der Waals surface area contributed by atoms with Crippen LogP contribution in [0.5, 0.6) is 11.5 Å². The maximum Gasteiger partial charge on any atom is 0.249 e. The van der Waals surface area contributed by atoms with Gasteiger partial charge in [0.1, 0.15) is 13.0 Å². The van der Waals surface area contributed by atoms with E-state index in [0.717, 1.165) is 9.13 Å². The van der Waals surface area contributed by atoms with Gasteiger partial charge in [-0.25, -0.2) is 5.43 Å². The topological polar surface area (TPSA) is 89.0 Å². The van der Waals surface area contributed by atoms with Crippen LogP contribution in [0.4, 0.5) is 5.69 Å². The van der Waals surface area contributed by atoms with Crippen molar-refractivity contribution in [2.75, 3.05) is 12.4 Å². The number of hydrogen-bond donors (Lipinski definition) is 2. The maximum atomic E-state index is 12.0. The predicted molar refractivity (Wildman–Crippen MR) is 147 cm³/mol. The predicted octanol–water partition coefficient (Wildman–Crippen LogP) is 6.32. The van der Waals surface area contributed by atoms with Crippen LogP contribution in [0.3, 0.4) is 0 Å². The minimum absolute atomic E-state index is 0.226. The van der Waals surface area contributed by atoms with Crippen molar-refractivity contribution < 1.29 is 19.1 Å². The van der Waals surface area contributed by atoms with Crippen LogP contribution < -0.4 is 20.2 Å². The number of nitrogens with one attached hydrogen (secondary N) is 2. The molecule has 182 valence electrons. The van der Waals surface area contributed by atoms with Crippen LogP contribution in [-0.4, -0.2) is 25.1 Å². The van der Waals surface area contributed by atoms with Gasteiger partial charge in [0.2, 0.25) is 11.8 Å². The summed E-state index contributed by atoms with van der Waals surface area (Å²) in [4.78, 5) is 24.0. The highest BCUT2D eigenvalue weighted by Crippen LogP contribution is 2.35. The number of rotatable bonds is 9. The van der Waals surface area contributed by atoms with Crippen molar-refractivity contribution in [1.29, 1.82) is 0 Å². The van der Waals surface area contributed by atoms with Crippen molar-refractivity contribution in [1.82, 2.24) is 5.43 Å². The Morgan fingerprint density at radius 1 is 1.00 bits per heavy atom. The standard InChI is InChI=1S/C24H19Cl3IN3O4/c1-34-21-9-14(8-20(28)24(21)35-13-15-2-3-17(26)10-19(15)27)12-29-31-23(33)11-22(32)30-18-6-4-16(25)5-7-18/h2-10,12H,11,13H2,1H3,(H,30,32)(H,31,33). The van der Waals surface area contributed by atoms with E-state index in [1.807, 2.05) is 6.07 Å². The number of carbonyl (C=O) groups excluding carboxylic acids is 2. The number of carbonyl (C=O) groups is 2. The van der Waals surface area contributed by atoms with E-state index in [1.165, 1.54) is 13.3 Å². The molecular weight excluding hydrogens is 628 g/mol. The van der Waals surface area contributed by atoms with Crippen molar-refractivity contribution in [3.8, 4) is 11.5 Å². The number of ether oxygens (including phenoxy) is 2. The highest BCUT2D eigenvalue weighted by molar-refractivity contribution is 14.1. The van der Waals surface area contributed by atoms with E-state index in [4.69, 9.17) is 44.3 Å². The van der Waals surface area contributed by atoms with E-state index in [2.05, 4.69) is 38.4 Å². The molecular formula is C24H19Cl3IN3O4. The fourth-order valence-electron chi connectivity index (χ4n) is 2.85. The number of nitrogens with zero attached hydrogens (tertiary/aromatic N) is 1. The lowest BCUT2D eigenvalue weighted by Gasteiger charge is -2.14. The number of halogens is 4. The number of benzene rings is 3. The Kier molecular flexibility index (Phi) is 10.0. The Morgan fingerprint density at radius 3 is 2.40 bits per heavy atom. The van der Waals surface area contributed by atoms with Gasteiger partial charge in [0.15, 0.2) is 11.5 Å². The number of anilines is 1. The molecule has 7 nitrogen and oxygen atoms in total. The molecule has 0 radical (unpaired) electrons. The molecule has 2 N–H and O–H groups in total. The number of amides is 2. The molecule has 0 heterocycles. The molecule has 3 aromatic rings. The lowest BCUT2D eigenvalue weighted by Crippen LogP contribution is -2.24. The molecule has 0 aliphatic carbocycles. The quantitative estimate of drug-likeness (QED) is 0.123. The van der Waals surface area contributed by atoms with E-state index < -0.39 is 11.8 Å². The lowest BCUT2D eigenvalue weighted by atomic mass is 10.2.